The number of hydrogen-bond donors (Lipinski definition) is 2. The lowest BCUT2D eigenvalue weighted by molar-refractivity contribution is -0.120. The molecule has 1 atom stereocenters. The molecule has 1 amide bonds. The maximum atomic E-state index is 11.8. The van der Waals surface area contributed by atoms with Crippen molar-refractivity contribution in [1.82, 2.24) is 10.3 Å². The summed E-state index contributed by atoms with van der Waals surface area (Å²) < 4.78 is 0. The average molecular weight is 255 g/mol. The Bertz CT molecular complexity index is 513. The molecular weight excluding hydrogens is 238 g/mol. The fourth-order valence-electron chi connectivity index (χ4n) is 1.74. The second-order valence-corrected chi connectivity index (χ2v) is 4.26. The minimum atomic E-state index is -0.0914. The van der Waals surface area contributed by atoms with Gasteiger partial charge in [-0.3, -0.25) is 9.78 Å². The standard InChI is InChI=1S/C15H17N3O/c1-12(14-9-5-6-10-16-14)18-15(19)11-17-13-7-3-2-4-8-13/h2-10,12,17H,11H2,1H3,(H,18,19). The van der Waals surface area contributed by atoms with Crippen LogP contribution in [0.15, 0.2) is 54.7 Å². The maximum absolute atomic E-state index is 11.8. The van der Waals surface area contributed by atoms with Crippen LogP contribution in [-0.4, -0.2) is 17.4 Å². The number of rotatable bonds is 5. The largest absolute Gasteiger partial charge is 0.376 e. The van der Waals surface area contributed by atoms with Crippen molar-refractivity contribution in [3.63, 3.8) is 0 Å². The maximum Gasteiger partial charge on any atom is 0.239 e. The second-order valence-electron chi connectivity index (χ2n) is 4.26. The van der Waals surface area contributed by atoms with Crippen molar-refractivity contribution in [3.05, 3.63) is 60.4 Å². The van der Waals surface area contributed by atoms with Gasteiger partial charge in [-0.15, -0.1) is 0 Å². The molecule has 0 bridgehead atoms. The molecule has 0 fully saturated rings. The molecule has 2 N–H and O–H groups in total. The summed E-state index contributed by atoms with van der Waals surface area (Å²) in [7, 11) is 0. The first-order chi connectivity index (χ1) is 9.25. The first kappa shape index (κ1) is 13.1. The molecule has 0 radical (unpaired) electrons. The number of carbonyl (C=O) groups excluding carboxylic acids is 1. The zero-order valence-corrected chi connectivity index (χ0v) is 10.8. The fourth-order valence-corrected chi connectivity index (χ4v) is 1.74. The molecule has 0 aliphatic heterocycles. The predicted octanol–water partition coefficient (Wildman–Crippen LogP) is 2.37. The van der Waals surface area contributed by atoms with Crippen molar-refractivity contribution >= 4 is 11.6 Å². The number of nitrogens with one attached hydrogen (secondary N) is 2. The number of benzene rings is 1. The Kier molecular flexibility index (Phi) is 4.50. The highest BCUT2D eigenvalue weighted by molar-refractivity contribution is 5.81. The van der Waals surface area contributed by atoms with E-state index in [2.05, 4.69) is 15.6 Å². The minimum Gasteiger partial charge on any atom is -0.376 e. The third-order valence-electron chi connectivity index (χ3n) is 2.74. The van der Waals surface area contributed by atoms with Gasteiger partial charge in [0, 0.05) is 11.9 Å². The molecule has 1 heterocycles. The smallest absolute Gasteiger partial charge is 0.239 e. The van der Waals surface area contributed by atoms with Crippen LogP contribution in [0.3, 0.4) is 0 Å². The van der Waals surface area contributed by atoms with E-state index in [9.17, 15) is 4.79 Å². The van der Waals surface area contributed by atoms with Crippen molar-refractivity contribution in [2.45, 2.75) is 13.0 Å². The number of anilines is 1. The predicted molar refractivity (Wildman–Crippen MR) is 75.7 cm³/mol. The minimum absolute atomic E-state index is 0.0537. The number of amides is 1. The Morgan fingerprint density at radius 1 is 1.16 bits per heavy atom. The van der Waals surface area contributed by atoms with E-state index in [-0.39, 0.29) is 18.5 Å². The third-order valence-corrected chi connectivity index (χ3v) is 2.74. The topological polar surface area (TPSA) is 54.0 Å². The SMILES string of the molecule is CC(NC(=O)CNc1ccccc1)c1ccccn1. The number of carbonyl (C=O) groups is 1. The van der Waals surface area contributed by atoms with Crippen LogP contribution in [0.5, 0.6) is 0 Å². The molecule has 98 valence electrons. The lowest BCUT2D eigenvalue weighted by atomic mass is 10.2. The van der Waals surface area contributed by atoms with Crippen LogP contribution in [0.4, 0.5) is 5.69 Å². The molecule has 1 aromatic heterocycles. The zero-order chi connectivity index (χ0) is 13.5. The van der Waals surface area contributed by atoms with E-state index in [1.165, 1.54) is 0 Å². The molecule has 1 aromatic carbocycles. The average Bonchev–Trinajstić information content (AvgIpc) is 2.47. The van der Waals surface area contributed by atoms with Crippen LogP contribution >= 0.6 is 0 Å². The fraction of sp³-hybridized carbons (Fsp3) is 0.200. The summed E-state index contributed by atoms with van der Waals surface area (Å²) in [4.78, 5) is 16.0. The van der Waals surface area contributed by atoms with Crippen LogP contribution in [0.25, 0.3) is 0 Å². The first-order valence-corrected chi connectivity index (χ1v) is 6.25. The molecule has 0 spiro atoms. The monoisotopic (exact) mass is 255 g/mol. The van der Waals surface area contributed by atoms with Crippen molar-refractivity contribution < 1.29 is 4.79 Å². The van der Waals surface area contributed by atoms with E-state index in [1.807, 2.05) is 55.5 Å². The number of para-hydroxylation sites is 1. The van der Waals surface area contributed by atoms with Gasteiger partial charge in [-0.1, -0.05) is 24.3 Å². The summed E-state index contributed by atoms with van der Waals surface area (Å²) in [5.74, 6) is -0.0537. The number of nitrogens with zero attached hydrogens (tertiary/aromatic N) is 1. The number of aromatic nitrogens is 1. The Labute approximate surface area is 112 Å². The first-order valence-electron chi connectivity index (χ1n) is 6.25. The Morgan fingerprint density at radius 3 is 2.58 bits per heavy atom. The molecule has 4 nitrogen and oxygen atoms in total. The summed E-state index contributed by atoms with van der Waals surface area (Å²) in [6, 6.07) is 15.2. The van der Waals surface area contributed by atoms with Gasteiger partial charge in [-0.05, 0) is 31.2 Å². The van der Waals surface area contributed by atoms with Gasteiger partial charge in [0.1, 0.15) is 0 Å². The van der Waals surface area contributed by atoms with Crippen molar-refractivity contribution in [2.75, 3.05) is 11.9 Å². The Balaban J connectivity index is 1.82. The van der Waals surface area contributed by atoms with E-state index in [0.29, 0.717) is 0 Å². The van der Waals surface area contributed by atoms with E-state index < -0.39 is 0 Å². The molecule has 4 heteroatoms. The zero-order valence-electron chi connectivity index (χ0n) is 10.8. The normalized spacial score (nSPS) is 11.6. The summed E-state index contributed by atoms with van der Waals surface area (Å²) in [5.41, 5.74) is 1.79. The second kappa shape index (κ2) is 6.54. The highest BCUT2D eigenvalue weighted by Crippen LogP contribution is 2.08. The molecule has 19 heavy (non-hydrogen) atoms. The number of pyridine rings is 1. The van der Waals surface area contributed by atoms with Gasteiger partial charge in [0.15, 0.2) is 0 Å². The van der Waals surface area contributed by atoms with Gasteiger partial charge in [-0.25, -0.2) is 0 Å². The molecule has 0 aliphatic rings. The van der Waals surface area contributed by atoms with E-state index >= 15 is 0 Å². The van der Waals surface area contributed by atoms with Gasteiger partial charge in [0.2, 0.25) is 5.91 Å². The Hall–Kier alpha value is -2.36. The lowest BCUT2D eigenvalue weighted by Gasteiger charge is -2.14. The molecule has 2 rings (SSSR count). The third kappa shape index (κ3) is 4.10. The molecule has 0 saturated carbocycles. The highest BCUT2D eigenvalue weighted by Gasteiger charge is 2.09. The van der Waals surface area contributed by atoms with E-state index in [4.69, 9.17) is 0 Å². The van der Waals surface area contributed by atoms with Crippen LogP contribution in [0, 0.1) is 0 Å². The summed E-state index contributed by atoms with van der Waals surface area (Å²) in [6.07, 6.45) is 1.72. The van der Waals surface area contributed by atoms with Crippen molar-refractivity contribution in [1.29, 1.82) is 0 Å². The van der Waals surface area contributed by atoms with Gasteiger partial charge in [-0.2, -0.15) is 0 Å². The van der Waals surface area contributed by atoms with Crippen LogP contribution < -0.4 is 10.6 Å². The summed E-state index contributed by atoms with van der Waals surface area (Å²) in [6.45, 7) is 2.17. The lowest BCUT2D eigenvalue weighted by Crippen LogP contribution is -2.32. The molecular formula is C15H17N3O. The molecule has 0 aliphatic carbocycles. The van der Waals surface area contributed by atoms with Crippen LogP contribution in [0.1, 0.15) is 18.7 Å². The number of hydrogen-bond acceptors (Lipinski definition) is 3. The van der Waals surface area contributed by atoms with Gasteiger partial charge >= 0.3 is 0 Å². The van der Waals surface area contributed by atoms with Crippen molar-refractivity contribution in [2.24, 2.45) is 0 Å². The Morgan fingerprint density at radius 2 is 1.89 bits per heavy atom. The van der Waals surface area contributed by atoms with Crippen LogP contribution in [0.2, 0.25) is 0 Å². The quantitative estimate of drug-likeness (QED) is 0.862. The van der Waals surface area contributed by atoms with Gasteiger partial charge in [0.05, 0.1) is 18.3 Å². The van der Waals surface area contributed by atoms with Crippen molar-refractivity contribution in [3.8, 4) is 0 Å². The molecule has 0 saturated heterocycles. The highest BCUT2D eigenvalue weighted by atomic mass is 16.1. The summed E-state index contributed by atoms with van der Waals surface area (Å²) in [5, 5.41) is 5.97. The molecule has 1 unspecified atom stereocenters. The van der Waals surface area contributed by atoms with E-state index in [1.54, 1.807) is 6.20 Å². The summed E-state index contributed by atoms with van der Waals surface area (Å²) >= 11 is 0. The van der Waals surface area contributed by atoms with E-state index in [0.717, 1.165) is 11.4 Å². The van der Waals surface area contributed by atoms with Crippen LogP contribution in [-0.2, 0) is 4.79 Å². The van der Waals surface area contributed by atoms with Gasteiger partial charge in [0.25, 0.3) is 0 Å². The van der Waals surface area contributed by atoms with Gasteiger partial charge < -0.3 is 10.6 Å². The molecule has 2 aromatic rings.